The summed E-state index contributed by atoms with van der Waals surface area (Å²) in [6, 6.07) is 15.6. The van der Waals surface area contributed by atoms with E-state index < -0.39 is 0 Å². The van der Waals surface area contributed by atoms with E-state index in [9.17, 15) is 4.79 Å². The minimum absolute atomic E-state index is 0.0733. The van der Waals surface area contributed by atoms with Gasteiger partial charge in [0.05, 0.1) is 5.69 Å². The van der Waals surface area contributed by atoms with Crippen molar-refractivity contribution in [3.8, 4) is 0 Å². The number of nitrogens with two attached hydrogens (primary N) is 1. The smallest absolute Gasteiger partial charge is 0.245 e. The lowest BCUT2D eigenvalue weighted by Crippen LogP contribution is -2.37. The van der Waals surface area contributed by atoms with Gasteiger partial charge in [-0.3, -0.25) is 4.79 Å². The van der Waals surface area contributed by atoms with Gasteiger partial charge in [0.2, 0.25) is 5.91 Å². The minimum Gasteiger partial charge on any atom is -0.399 e. The maximum absolute atomic E-state index is 12.8. The van der Waals surface area contributed by atoms with E-state index in [0.29, 0.717) is 12.2 Å². The summed E-state index contributed by atoms with van der Waals surface area (Å²) in [6.07, 6.45) is 1.74. The Bertz CT molecular complexity index is 684. The molecule has 1 unspecified atom stereocenters. The van der Waals surface area contributed by atoms with E-state index in [1.54, 1.807) is 22.7 Å². The monoisotopic (exact) mass is 296 g/mol. The second-order valence-electron chi connectivity index (χ2n) is 4.87. The standard InChI is InChI=1S/C17H16N2OS/c1-2-10-19-14-11-13(18)8-9-15(14)21-16(17(19)20)12-6-4-3-5-7-12/h2-9,11,16H,1,10,18H2. The largest absolute Gasteiger partial charge is 0.399 e. The predicted molar refractivity (Wildman–Crippen MR) is 88.4 cm³/mol. The summed E-state index contributed by atoms with van der Waals surface area (Å²) in [5.41, 5.74) is 8.41. The number of benzene rings is 2. The van der Waals surface area contributed by atoms with Gasteiger partial charge in [-0.2, -0.15) is 0 Å². The molecule has 3 nitrogen and oxygen atoms in total. The summed E-state index contributed by atoms with van der Waals surface area (Å²) in [4.78, 5) is 15.6. The molecule has 2 N–H and O–H groups in total. The lowest BCUT2D eigenvalue weighted by Gasteiger charge is -2.33. The van der Waals surface area contributed by atoms with E-state index >= 15 is 0 Å². The van der Waals surface area contributed by atoms with Crippen molar-refractivity contribution >= 4 is 29.0 Å². The lowest BCUT2D eigenvalue weighted by atomic mass is 10.1. The van der Waals surface area contributed by atoms with E-state index in [1.807, 2.05) is 48.5 Å². The number of thioether (sulfide) groups is 1. The minimum atomic E-state index is -0.220. The van der Waals surface area contributed by atoms with Gasteiger partial charge in [0, 0.05) is 17.1 Å². The fraction of sp³-hybridized carbons (Fsp3) is 0.118. The molecular formula is C17H16N2OS. The maximum Gasteiger partial charge on any atom is 0.245 e. The van der Waals surface area contributed by atoms with Crippen molar-refractivity contribution in [3.05, 3.63) is 66.7 Å². The molecule has 1 heterocycles. The molecule has 2 aromatic carbocycles. The van der Waals surface area contributed by atoms with Crippen molar-refractivity contribution in [2.45, 2.75) is 10.1 Å². The number of hydrogen-bond donors (Lipinski definition) is 1. The lowest BCUT2D eigenvalue weighted by molar-refractivity contribution is -0.118. The topological polar surface area (TPSA) is 46.3 Å². The number of carbonyl (C=O) groups is 1. The molecule has 1 amide bonds. The summed E-state index contributed by atoms with van der Waals surface area (Å²) >= 11 is 1.58. The van der Waals surface area contributed by atoms with Crippen LogP contribution in [0.5, 0.6) is 0 Å². The Morgan fingerprint density at radius 3 is 2.71 bits per heavy atom. The van der Waals surface area contributed by atoms with Crippen LogP contribution in [0.4, 0.5) is 11.4 Å². The zero-order valence-corrected chi connectivity index (χ0v) is 12.3. The first-order chi connectivity index (χ1) is 10.2. The summed E-state index contributed by atoms with van der Waals surface area (Å²) in [7, 11) is 0. The third-order valence-electron chi connectivity index (χ3n) is 3.42. The molecule has 0 spiro atoms. The summed E-state index contributed by atoms with van der Waals surface area (Å²) in [6.45, 7) is 4.24. The molecule has 0 saturated heterocycles. The Morgan fingerprint density at radius 1 is 1.24 bits per heavy atom. The molecule has 0 bridgehead atoms. The van der Waals surface area contributed by atoms with E-state index in [1.165, 1.54) is 0 Å². The summed E-state index contributed by atoms with van der Waals surface area (Å²) in [5.74, 6) is 0.0733. The third-order valence-corrected chi connectivity index (χ3v) is 4.73. The molecule has 0 radical (unpaired) electrons. The molecule has 0 aliphatic carbocycles. The van der Waals surface area contributed by atoms with Gasteiger partial charge in [-0.1, -0.05) is 36.4 Å². The first-order valence-corrected chi connectivity index (χ1v) is 7.62. The van der Waals surface area contributed by atoms with Crippen molar-refractivity contribution in [1.29, 1.82) is 0 Å². The van der Waals surface area contributed by atoms with Crippen molar-refractivity contribution < 1.29 is 4.79 Å². The molecule has 3 rings (SSSR count). The molecule has 4 heteroatoms. The van der Waals surface area contributed by atoms with E-state index in [0.717, 1.165) is 16.1 Å². The first kappa shape index (κ1) is 13.8. The van der Waals surface area contributed by atoms with Gasteiger partial charge in [-0.15, -0.1) is 18.3 Å². The Labute approximate surface area is 128 Å². The highest BCUT2D eigenvalue weighted by atomic mass is 32.2. The highest BCUT2D eigenvalue weighted by Gasteiger charge is 2.33. The number of rotatable bonds is 3. The van der Waals surface area contributed by atoms with Gasteiger partial charge in [0.25, 0.3) is 0 Å². The number of fused-ring (bicyclic) bond motifs is 1. The molecule has 1 atom stereocenters. The van der Waals surface area contributed by atoms with Gasteiger partial charge in [0.15, 0.2) is 0 Å². The van der Waals surface area contributed by atoms with Crippen LogP contribution in [0.1, 0.15) is 10.8 Å². The maximum atomic E-state index is 12.8. The Hall–Kier alpha value is -2.20. The van der Waals surface area contributed by atoms with E-state index in [2.05, 4.69) is 6.58 Å². The molecular weight excluding hydrogens is 280 g/mol. The van der Waals surface area contributed by atoms with Gasteiger partial charge in [0.1, 0.15) is 5.25 Å². The SMILES string of the molecule is C=CCN1C(=O)C(c2ccccc2)Sc2ccc(N)cc21. The number of amides is 1. The summed E-state index contributed by atoms with van der Waals surface area (Å²) < 4.78 is 0. The fourth-order valence-electron chi connectivity index (χ4n) is 2.44. The highest BCUT2D eigenvalue weighted by molar-refractivity contribution is 8.00. The second-order valence-corrected chi connectivity index (χ2v) is 6.02. The van der Waals surface area contributed by atoms with Crippen LogP contribution >= 0.6 is 11.8 Å². The fourth-order valence-corrected chi connectivity index (χ4v) is 3.65. The molecule has 21 heavy (non-hydrogen) atoms. The van der Waals surface area contributed by atoms with Crippen LogP contribution in [-0.2, 0) is 4.79 Å². The van der Waals surface area contributed by atoms with Crippen molar-refractivity contribution in [1.82, 2.24) is 0 Å². The number of nitrogen functional groups attached to an aromatic ring is 1. The molecule has 1 aliphatic rings. The molecule has 1 aliphatic heterocycles. The average molecular weight is 296 g/mol. The van der Waals surface area contributed by atoms with Crippen LogP contribution in [-0.4, -0.2) is 12.5 Å². The zero-order valence-electron chi connectivity index (χ0n) is 11.5. The van der Waals surface area contributed by atoms with Gasteiger partial charge in [-0.05, 0) is 23.8 Å². The average Bonchev–Trinajstić information content (AvgIpc) is 2.51. The molecule has 2 aromatic rings. The van der Waals surface area contributed by atoms with Crippen LogP contribution < -0.4 is 10.6 Å². The second kappa shape index (κ2) is 5.66. The van der Waals surface area contributed by atoms with E-state index in [4.69, 9.17) is 5.73 Å². The number of nitrogens with zero attached hydrogens (tertiary/aromatic N) is 1. The van der Waals surface area contributed by atoms with Crippen molar-refractivity contribution in [2.24, 2.45) is 0 Å². The Balaban J connectivity index is 2.06. The Kier molecular flexibility index (Phi) is 3.71. The van der Waals surface area contributed by atoms with Crippen molar-refractivity contribution in [3.63, 3.8) is 0 Å². The van der Waals surface area contributed by atoms with Crippen LogP contribution in [0.2, 0.25) is 0 Å². The third kappa shape index (κ3) is 2.54. The summed E-state index contributed by atoms with van der Waals surface area (Å²) in [5, 5.41) is -0.220. The first-order valence-electron chi connectivity index (χ1n) is 6.74. The molecule has 0 saturated carbocycles. The molecule has 0 aromatic heterocycles. The van der Waals surface area contributed by atoms with Crippen LogP contribution in [0.3, 0.4) is 0 Å². The quantitative estimate of drug-likeness (QED) is 0.695. The Morgan fingerprint density at radius 2 is 2.00 bits per heavy atom. The van der Waals surface area contributed by atoms with Gasteiger partial charge in [-0.25, -0.2) is 0 Å². The number of hydrogen-bond acceptors (Lipinski definition) is 3. The van der Waals surface area contributed by atoms with Crippen molar-refractivity contribution in [2.75, 3.05) is 17.2 Å². The van der Waals surface area contributed by atoms with Crippen LogP contribution in [0, 0.1) is 0 Å². The number of carbonyl (C=O) groups excluding carboxylic acids is 1. The van der Waals surface area contributed by atoms with Crippen LogP contribution in [0.25, 0.3) is 0 Å². The highest BCUT2D eigenvalue weighted by Crippen LogP contribution is 2.46. The zero-order chi connectivity index (χ0) is 14.8. The molecule has 0 fully saturated rings. The van der Waals surface area contributed by atoms with E-state index in [-0.39, 0.29) is 11.2 Å². The van der Waals surface area contributed by atoms with Crippen LogP contribution in [0.15, 0.2) is 66.1 Å². The molecule has 106 valence electrons. The predicted octanol–water partition coefficient (Wildman–Crippen LogP) is 3.63. The van der Waals surface area contributed by atoms with Gasteiger partial charge >= 0.3 is 0 Å². The normalized spacial score (nSPS) is 17.4. The van der Waals surface area contributed by atoms with Gasteiger partial charge < -0.3 is 10.6 Å². The number of anilines is 2.